The molecule has 1 aliphatic rings. The highest BCUT2D eigenvalue weighted by Gasteiger charge is 2.22. The Labute approximate surface area is 144 Å². The van der Waals surface area contributed by atoms with Crippen LogP contribution < -0.4 is 10.2 Å². The molecule has 7 heteroatoms. The number of esters is 1. The van der Waals surface area contributed by atoms with E-state index in [4.69, 9.17) is 9.15 Å². The zero-order valence-electron chi connectivity index (χ0n) is 14.0. The molecule has 1 aliphatic heterocycles. The van der Waals surface area contributed by atoms with Crippen molar-refractivity contribution < 1.29 is 23.5 Å². The van der Waals surface area contributed by atoms with Gasteiger partial charge in [-0.05, 0) is 43.2 Å². The molecule has 2 heterocycles. The van der Waals surface area contributed by atoms with Gasteiger partial charge in [0.25, 0.3) is 5.91 Å². The second kappa shape index (κ2) is 6.80. The van der Waals surface area contributed by atoms with E-state index in [1.165, 1.54) is 19.3 Å². The number of nitrogens with zero attached hydrogens (tertiary/aromatic N) is 1. The molecule has 0 atom stereocenters. The van der Waals surface area contributed by atoms with Gasteiger partial charge in [-0.25, -0.2) is 4.79 Å². The summed E-state index contributed by atoms with van der Waals surface area (Å²) in [6, 6.07) is 6.86. The highest BCUT2D eigenvalue weighted by Crippen LogP contribution is 2.30. The van der Waals surface area contributed by atoms with Crippen LogP contribution in [0.3, 0.4) is 0 Å². The Bertz CT molecular complexity index is 840. The molecule has 1 aromatic heterocycles. The predicted octanol–water partition coefficient (Wildman–Crippen LogP) is 2.29. The maximum absolute atomic E-state index is 12.0. The molecule has 0 aliphatic carbocycles. The number of ether oxygens (including phenoxy) is 1. The number of fused-ring (bicyclic) bond motifs is 1. The summed E-state index contributed by atoms with van der Waals surface area (Å²) < 4.78 is 10.0. The largest absolute Gasteiger partial charge is 0.469 e. The average Bonchev–Trinajstić information content (AvgIpc) is 3.18. The van der Waals surface area contributed by atoms with Crippen molar-refractivity contribution in [1.29, 1.82) is 0 Å². The SMILES string of the molecule is CC(=O)N1CCc2cc(NC(=O)COC(=O)c3ccoc3C)ccc21. The minimum absolute atomic E-state index is 0.00279. The zero-order valence-corrected chi connectivity index (χ0v) is 14.0. The number of aryl methyl sites for hydroxylation is 1. The first-order valence-corrected chi connectivity index (χ1v) is 7.88. The lowest BCUT2D eigenvalue weighted by molar-refractivity contribution is -0.119. The summed E-state index contributed by atoms with van der Waals surface area (Å²) in [6.07, 6.45) is 2.13. The number of nitrogens with one attached hydrogen (secondary N) is 1. The van der Waals surface area contributed by atoms with Gasteiger partial charge in [-0.3, -0.25) is 9.59 Å². The first-order valence-electron chi connectivity index (χ1n) is 7.88. The van der Waals surface area contributed by atoms with Crippen molar-refractivity contribution in [2.45, 2.75) is 20.3 Å². The minimum Gasteiger partial charge on any atom is -0.469 e. The van der Waals surface area contributed by atoms with Crippen LogP contribution in [0, 0.1) is 6.92 Å². The number of carbonyl (C=O) groups excluding carboxylic acids is 3. The summed E-state index contributed by atoms with van der Waals surface area (Å²) in [5.41, 5.74) is 2.77. The maximum atomic E-state index is 12.0. The highest BCUT2D eigenvalue weighted by molar-refractivity contribution is 5.97. The van der Waals surface area contributed by atoms with E-state index >= 15 is 0 Å². The summed E-state index contributed by atoms with van der Waals surface area (Å²) in [4.78, 5) is 37.1. The number of rotatable bonds is 4. The molecule has 0 bridgehead atoms. The van der Waals surface area contributed by atoms with Crippen molar-refractivity contribution in [3.8, 4) is 0 Å². The fourth-order valence-electron chi connectivity index (χ4n) is 2.81. The third-order valence-electron chi connectivity index (χ3n) is 4.05. The van der Waals surface area contributed by atoms with Gasteiger partial charge in [0.15, 0.2) is 6.61 Å². The van der Waals surface area contributed by atoms with Crippen LogP contribution >= 0.6 is 0 Å². The molecule has 0 unspecified atom stereocenters. The lowest BCUT2D eigenvalue weighted by atomic mass is 10.1. The van der Waals surface area contributed by atoms with Crippen molar-refractivity contribution in [3.63, 3.8) is 0 Å². The summed E-state index contributed by atoms with van der Waals surface area (Å²) in [5.74, 6) is -0.598. The Kier molecular flexibility index (Phi) is 4.56. The maximum Gasteiger partial charge on any atom is 0.342 e. The number of anilines is 2. The molecule has 2 amide bonds. The van der Waals surface area contributed by atoms with E-state index < -0.39 is 11.9 Å². The van der Waals surface area contributed by atoms with E-state index in [0.29, 0.717) is 23.6 Å². The van der Waals surface area contributed by atoms with Gasteiger partial charge in [0.2, 0.25) is 5.91 Å². The molecule has 130 valence electrons. The Morgan fingerprint density at radius 3 is 2.76 bits per heavy atom. The van der Waals surface area contributed by atoms with Gasteiger partial charge in [-0.1, -0.05) is 0 Å². The molecule has 1 aromatic carbocycles. The number of benzene rings is 1. The first kappa shape index (κ1) is 16.8. The molecule has 1 N–H and O–H groups in total. The van der Waals surface area contributed by atoms with E-state index in [1.54, 1.807) is 24.0 Å². The van der Waals surface area contributed by atoms with Crippen LogP contribution in [0.25, 0.3) is 0 Å². The van der Waals surface area contributed by atoms with Crippen LogP contribution in [0.1, 0.15) is 28.6 Å². The van der Waals surface area contributed by atoms with Crippen molar-refractivity contribution >= 4 is 29.2 Å². The van der Waals surface area contributed by atoms with Gasteiger partial charge >= 0.3 is 5.97 Å². The van der Waals surface area contributed by atoms with Gasteiger partial charge in [-0.15, -0.1) is 0 Å². The van der Waals surface area contributed by atoms with Crippen molar-refractivity contribution in [2.24, 2.45) is 0 Å². The van der Waals surface area contributed by atoms with Gasteiger partial charge in [-0.2, -0.15) is 0 Å². The Morgan fingerprint density at radius 1 is 1.28 bits per heavy atom. The highest BCUT2D eigenvalue weighted by atomic mass is 16.5. The number of hydrogen-bond donors (Lipinski definition) is 1. The molecule has 0 saturated carbocycles. The Hall–Kier alpha value is -3.09. The van der Waals surface area contributed by atoms with E-state index in [0.717, 1.165) is 17.7 Å². The smallest absolute Gasteiger partial charge is 0.342 e. The van der Waals surface area contributed by atoms with E-state index in [2.05, 4.69) is 5.32 Å². The molecule has 3 rings (SSSR count). The Morgan fingerprint density at radius 2 is 2.08 bits per heavy atom. The van der Waals surface area contributed by atoms with Crippen LogP contribution in [0.2, 0.25) is 0 Å². The molecule has 7 nitrogen and oxygen atoms in total. The van der Waals surface area contributed by atoms with Crippen molar-refractivity contribution in [2.75, 3.05) is 23.4 Å². The quantitative estimate of drug-likeness (QED) is 0.861. The summed E-state index contributed by atoms with van der Waals surface area (Å²) >= 11 is 0. The van der Waals surface area contributed by atoms with E-state index in [9.17, 15) is 14.4 Å². The van der Waals surface area contributed by atoms with Crippen LogP contribution in [0.5, 0.6) is 0 Å². The molecule has 2 aromatic rings. The fourth-order valence-corrected chi connectivity index (χ4v) is 2.81. The van der Waals surface area contributed by atoms with Crippen molar-refractivity contribution in [3.05, 3.63) is 47.4 Å². The second-order valence-electron chi connectivity index (χ2n) is 5.78. The summed E-state index contributed by atoms with van der Waals surface area (Å²) in [7, 11) is 0. The standard InChI is InChI=1S/C18H18N2O5/c1-11-15(6-8-24-11)18(23)25-10-17(22)19-14-3-4-16-13(9-14)5-7-20(16)12(2)21/h3-4,6,8-9H,5,7,10H2,1-2H3,(H,19,22). The third-order valence-corrected chi connectivity index (χ3v) is 4.05. The van der Waals surface area contributed by atoms with Crippen molar-refractivity contribution in [1.82, 2.24) is 0 Å². The average molecular weight is 342 g/mol. The lowest BCUT2D eigenvalue weighted by Gasteiger charge is -2.15. The molecule has 0 saturated heterocycles. The first-order chi connectivity index (χ1) is 12.0. The zero-order chi connectivity index (χ0) is 18.0. The van der Waals surface area contributed by atoms with E-state index in [1.807, 2.05) is 6.07 Å². The topological polar surface area (TPSA) is 88.9 Å². The second-order valence-corrected chi connectivity index (χ2v) is 5.78. The van der Waals surface area contributed by atoms with Crippen LogP contribution in [-0.2, 0) is 20.7 Å². The number of hydrogen-bond acceptors (Lipinski definition) is 5. The molecule has 0 fully saturated rings. The molecule has 0 radical (unpaired) electrons. The normalized spacial score (nSPS) is 12.6. The van der Waals surface area contributed by atoms with Crippen LogP contribution in [0.15, 0.2) is 34.9 Å². The van der Waals surface area contributed by atoms with Gasteiger partial charge in [0.05, 0.1) is 6.26 Å². The van der Waals surface area contributed by atoms with Crippen LogP contribution in [0.4, 0.5) is 11.4 Å². The predicted molar refractivity (Wildman–Crippen MR) is 90.5 cm³/mol. The minimum atomic E-state index is -0.604. The molecule has 25 heavy (non-hydrogen) atoms. The molecular weight excluding hydrogens is 324 g/mol. The fraction of sp³-hybridized carbons (Fsp3) is 0.278. The van der Waals surface area contributed by atoms with Gasteiger partial charge < -0.3 is 19.4 Å². The summed E-state index contributed by atoms with van der Waals surface area (Å²) in [5, 5.41) is 2.69. The number of carbonyl (C=O) groups is 3. The molecular formula is C18H18N2O5. The van der Waals surface area contributed by atoms with Gasteiger partial charge in [0, 0.05) is 24.8 Å². The van der Waals surface area contributed by atoms with E-state index in [-0.39, 0.29) is 12.5 Å². The summed E-state index contributed by atoms with van der Waals surface area (Å²) in [6.45, 7) is 3.43. The lowest BCUT2D eigenvalue weighted by Crippen LogP contribution is -2.25. The Balaban J connectivity index is 1.58. The number of furan rings is 1. The van der Waals surface area contributed by atoms with Gasteiger partial charge in [0.1, 0.15) is 11.3 Å². The van der Waals surface area contributed by atoms with Crippen LogP contribution in [-0.4, -0.2) is 30.9 Å². The molecule has 0 spiro atoms. The third kappa shape index (κ3) is 3.55. The number of amides is 2. The monoisotopic (exact) mass is 342 g/mol.